The summed E-state index contributed by atoms with van der Waals surface area (Å²) >= 11 is 9.39. The van der Waals surface area contributed by atoms with Crippen molar-refractivity contribution in [3.63, 3.8) is 0 Å². The molecule has 2 atom stereocenters. The molecule has 0 aliphatic carbocycles. The summed E-state index contributed by atoms with van der Waals surface area (Å²) in [5, 5.41) is 4.05. The molecule has 0 bridgehead atoms. The van der Waals surface area contributed by atoms with Crippen molar-refractivity contribution >= 4 is 38.3 Å². The maximum atomic E-state index is 11.0. The largest absolute Gasteiger partial charge is 0.309 e. The summed E-state index contributed by atoms with van der Waals surface area (Å²) < 4.78 is 12.1. The van der Waals surface area contributed by atoms with Crippen LogP contribution in [0.5, 0.6) is 0 Å². The summed E-state index contributed by atoms with van der Waals surface area (Å²) in [4.78, 5) is 0. The van der Waals surface area contributed by atoms with E-state index in [4.69, 9.17) is 11.6 Å². The third kappa shape index (κ3) is 4.95. The van der Waals surface area contributed by atoms with E-state index in [9.17, 15) is 4.21 Å². The molecule has 0 amide bonds. The highest BCUT2D eigenvalue weighted by Crippen LogP contribution is 2.20. The summed E-state index contributed by atoms with van der Waals surface area (Å²) in [7, 11) is -0.764. The number of halogens is 2. The zero-order valence-corrected chi connectivity index (χ0v) is 12.5. The predicted octanol–water partition coefficient (Wildman–Crippen LogP) is 2.96. The molecule has 0 aliphatic rings. The molecule has 0 radical (unpaired) electrons. The van der Waals surface area contributed by atoms with Gasteiger partial charge in [0.05, 0.1) is 0 Å². The zero-order valence-electron chi connectivity index (χ0n) is 9.30. The highest BCUT2D eigenvalue weighted by atomic mass is 79.9. The van der Waals surface area contributed by atoms with E-state index in [0.29, 0.717) is 5.75 Å². The minimum atomic E-state index is -0.764. The fourth-order valence-electron chi connectivity index (χ4n) is 1.37. The van der Waals surface area contributed by atoms with E-state index in [-0.39, 0.29) is 6.04 Å². The predicted molar refractivity (Wildman–Crippen MR) is 74.4 cm³/mol. The van der Waals surface area contributed by atoms with Crippen LogP contribution in [0.15, 0.2) is 22.7 Å². The molecule has 16 heavy (non-hydrogen) atoms. The van der Waals surface area contributed by atoms with E-state index in [1.54, 1.807) is 6.26 Å². The van der Waals surface area contributed by atoms with Crippen molar-refractivity contribution < 1.29 is 4.21 Å². The van der Waals surface area contributed by atoms with Crippen LogP contribution in [0.3, 0.4) is 0 Å². The van der Waals surface area contributed by atoms with Crippen LogP contribution >= 0.6 is 27.5 Å². The molecular weight excluding hydrogens is 310 g/mol. The first-order valence-electron chi connectivity index (χ1n) is 4.96. The highest BCUT2D eigenvalue weighted by molar-refractivity contribution is 9.10. The van der Waals surface area contributed by atoms with Crippen molar-refractivity contribution in [2.45, 2.75) is 19.5 Å². The summed E-state index contributed by atoms with van der Waals surface area (Å²) in [6.45, 7) is 2.75. The van der Waals surface area contributed by atoms with Gasteiger partial charge in [-0.15, -0.1) is 0 Å². The molecule has 1 rings (SSSR count). The minimum Gasteiger partial charge on any atom is -0.309 e. The topological polar surface area (TPSA) is 29.1 Å². The van der Waals surface area contributed by atoms with Gasteiger partial charge < -0.3 is 5.32 Å². The highest BCUT2D eigenvalue weighted by Gasteiger charge is 2.06. The molecule has 0 heterocycles. The molecule has 90 valence electrons. The van der Waals surface area contributed by atoms with Gasteiger partial charge in [0.25, 0.3) is 0 Å². The van der Waals surface area contributed by atoms with Crippen LogP contribution in [-0.2, 0) is 17.3 Å². The van der Waals surface area contributed by atoms with Gasteiger partial charge in [-0.05, 0) is 30.7 Å². The van der Waals surface area contributed by atoms with Gasteiger partial charge in [-0.3, -0.25) is 4.21 Å². The first-order chi connectivity index (χ1) is 7.49. The van der Waals surface area contributed by atoms with Gasteiger partial charge in [-0.2, -0.15) is 0 Å². The Kier molecular flexibility index (Phi) is 5.97. The Morgan fingerprint density at radius 1 is 1.56 bits per heavy atom. The van der Waals surface area contributed by atoms with Crippen LogP contribution in [0.1, 0.15) is 12.5 Å². The second-order valence-electron chi connectivity index (χ2n) is 3.76. The Bertz CT molecular complexity index is 386. The van der Waals surface area contributed by atoms with E-state index >= 15 is 0 Å². The standard InChI is InChI=1S/C11H15BrClNOS/c1-8(7-16(2)15)14-6-9-5-10(13)3-4-11(9)12/h3-5,8,14H,6-7H2,1-2H3. The van der Waals surface area contributed by atoms with Crippen LogP contribution in [0.4, 0.5) is 0 Å². The van der Waals surface area contributed by atoms with Crippen molar-refractivity contribution in [3.05, 3.63) is 33.3 Å². The normalized spacial score (nSPS) is 14.8. The third-order valence-corrected chi connectivity index (χ3v) is 4.11. The van der Waals surface area contributed by atoms with Crippen molar-refractivity contribution in [2.75, 3.05) is 12.0 Å². The lowest BCUT2D eigenvalue weighted by molar-refractivity contribution is 0.586. The van der Waals surface area contributed by atoms with Crippen LogP contribution in [0, 0.1) is 0 Å². The first kappa shape index (κ1) is 14.2. The second-order valence-corrected chi connectivity index (χ2v) is 6.53. The summed E-state index contributed by atoms with van der Waals surface area (Å²) in [6.07, 6.45) is 1.72. The average Bonchev–Trinajstić information content (AvgIpc) is 2.18. The lowest BCUT2D eigenvalue weighted by Gasteiger charge is -2.13. The molecule has 2 nitrogen and oxygen atoms in total. The van der Waals surface area contributed by atoms with Crippen LogP contribution in [0.2, 0.25) is 5.02 Å². The zero-order chi connectivity index (χ0) is 12.1. The van der Waals surface area contributed by atoms with Gasteiger partial charge in [-0.1, -0.05) is 27.5 Å². The fourth-order valence-corrected chi connectivity index (χ4v) is 2.78. The van der Waals surface area contributed by atoms with Crippen LogP contribution in [0.25, 0.3) is 0 Å². The molecule has 0 spiro atoms. The molecule has 2 unspecified atom stereocenters. The van der Waals surface area contributed by atoms with E-state index in [2.05, 4.69) is 21.2 Å². The SMILES string of the molecule is CC(CS(C)=O)NCc1cc(Cl)ccc1Br. The number of rotatable bonds is 5. The van der Waals surface area contributed by atoms with Crippen molar-refractivity contribution in [1.29, 1.82) is 0 Å². The third-order valence-electron chi connectivity index (χ3n) is 2.13. The summed E-state index contributed by atoms with van der Waals surface area (Å²) in [6, 6.07) is 5.94. The van der Waals surface area contributed by atoms with Crippen LogP contribution < -0.4 is 5.32 Å². The van der Waals surface area contributed by atoms with Crippen molar-refractivity contribution in [2.24, 2.45) is 0 Å². The second kappa shape index (κ2) is 6.74. The molecule has 0 aliphatic heterocycles. The number of nitrogens with one attached hydrogen (secondary N) is 1. The van der Waals surface area contributed by atoms with Crippen molar-refractivity contribution in [3.8, 4) is 0 Å². The van der Waals surface area contributed by atoms with Gasteiger partial charge in [0, 0.05) is 44.9 Å². The Morgan fingerprint density at radius 3 is 2.88 bits per heavy atom. The maximum absolute atomic E-state index is 11.0. The van der Waals surface area contributed by atoms with E-state index in [1.165, 1.54) is 0 Å². The van der Waals surface area contributed by atoms with Crippen molar-refractivity contribution in [1.82, 2.24) is 5.32 Å². The Balaban J connectivity index is 2.54. The number of benzene rings is 1. The molecule has 0 fully saturated rings. The molecular formula is C11H15BrClNOS. The first-order valence-corrected chi connectivity index (χ1v) is 7.86. The molecule has 5 heteroatoms. The fraction of sp³-hybridized carbons (Fsp3) is 0.455. The van der Waals surface area contributed by atoms with Crippen LogP contribution in [-0.4, -0.2) is 22.3 Å². The number of hydrogen-bond acceptors (Lipinski definition) is 2. The van der Waals surface area contributed by atoms with Gasteiger partial charge in [0.2, 0.25) is 0 Å². The lowest BCUT2D eigenvalue weighted by Crippen LogP contribution is -2.30. The average molecular weight is 325 g/mol. The van der Waals surface area contributed by atoms with Gasteiger partial charge >= 0.3 is 0 Å². The minimum absolute atomic E-state index is 0.233. The quantitative estimate of drug-likeness (QED) is 0.902. The van der Waals surface area contributed by atoms with Gasteiger partial charge in [0.15, 0.2) is 0 Å². The van der Waals surface area contributed by atoms with E-state index in [0.717, 1.165) is 21.6 Å². The summed E-state index contributed by atoms with van der Waals surface area (Å²) in [5.74, 6) is 0.665. The molecule has 1 N–H and O–H groups in total. The molecule has 1 aromatic carbocycles. The summed E-state index contributed by atoms with van der Waals surface area (Å²) in [5.41, 5.74) is 1.11. The monoisotopic (exact) mass is 323 g/mol. The van der Waals surface area contributed by atoms with Gasteiger partial charge in [0.1, 0.15) is 0 Å². The lowest BCUT2D eigenvalue weighted by atomic mass is 10.2. The molecule has 1 aromatic rings. The van der Waals surface area contributed by atoms with Gasteiger partial charge in [-0.25, -0.2) is 0 Å². The van der Waals surface area contributed by atoms with E-state index in [1.807, 2.05) is 25.1 Å². The molecule has 0 saturated carbocycles. The maximum Gasteiger partial charge on any atom is 0.0410 e. The molecule has 0 saturated heterocycles. The van der Waals surface area contributed by atoms with E-state index < -0.39 is 10.8 Å². The smallest absolute Gasteiger partial charge is 0.0410 e. The number of hydrogen-bond donors (Lipinski definition) is 1. The Morgan fingerprint density at radius 2 is 2.25 bits per heavy atom. The Labute approximate surface area is 112 Å². The molecule has 0 aromatic heterocycles. The Hall–Kier alpha value is 0.1000.